The van der Waals surface area contributed by atoms with E-state index in [0.717, 1.165) is 47.2 Å². The lowest BCUT2D eigenvalue weighted by Gasteiger charge is -2.14. The van der Waals surface area contributed by atoms with E-state index in [0.29, 0.717) is 5.69 Å². The second kappa shape index (κ2) is 9.53. The minimum absolute atomic E-state index is 0.0185. The van der Waals surface area contributed by atoms with E-state index in [1.165, 1.54) is 12.1 Å². The van der Waals surface area contributed by atoms with Crippen molar-refractivity contribution in [2.45, 2.75) is 30.0 Å². The van der Waals surface area contributed by atoms with Crippen LogP contribution in [0.3, 0.4) is 0 Å². The number of rotatable bonds is 5. The Labute approximate surface area is 205 Å². The second-order valence-corrected chi connectivity index (χ2v) is 9.96. The van der Waals surface area contributed by atoms with Gasteiger partial charge in [0.2, 0.25) is 0 Å². The third kappa shape index (κ3) is 4.87. The van der Waals surface area contributed by atoms with E-state index in [1.807, 2.05) is 54.7 Å². The van der Waals surface area contributed by atoms with Gasteiger partial charge in [0.05, 0.1) is 17.3 Å². The predicted molar refractivity (Wildman–Crippen MR) is 132 cm³/mol. The summed E-state index contributed by atoms with van der Waals surface area (Å²) in [6, 6.07) is 20.7. The third-order valence-electron chi connectivity index (χ3n) is 6.26. The largest absolute Gasteiger partial charge is 0.612 e. The lowest BCUT2D eigenvalue weighted by molar-refractivity contribution is -0.137. The van der Waals surface area contributed by atoms with Crippen molar-refractivity contribution < 1.29 is 17.7 Å². The molecule has 1 fully saturated rings. The van der Waals surface area contributed by atoms with Crippen molar-refractivity contribution in [3.8, 4) is 28.2 Å². The molecule has 0 spiro atoms. The van der Waals surface area contributed by atoms with Crippen LogP contribution in [0, 0.1) is 0 Å². The maximum Gasteiger partial charge on any atom is 0.417 e. The van der Waals surface area contributed by atoms with Crippen LogP contribution in [0.1, 0.15) is 30.1 Å². The van der Waals surface area contributed by atoms with E-state index in [9.17, 15) is 17.7 Å². The van der Waals surface area contributed by atoms with Gasteiger partial charge in [0.25, 0.3) is 0 Å². The molecule has 2 atom stereocenters. The Morgan fingerprint density at radius 3 is 2.46 bits per heavy atom. The van der Waals surface area contributed by atoms with Crippen LogP contribution >= 0.6 is 0 Å². The molecule has 1 aromatic heterocycles. The van der Waals surface area contributed by atoms with Crippen molar-refractivity contribution in [3.63, 3.8) is 0 Å². The van der Waals surface area contributed by atoms with Crippen molar-refractivity contribution in [1.82, 2.24) is 14.9 Å². The molecule has 5 rings (SSSR count). The molecule has 0 aliphatic carbocycles. The minimum Gasteiger partial charge on any atom is -0.612 e. The van der Waals surface area contributed by atoms with Crippen LogP contribution in [0.15, 0.2) is 83.9 Å². The van der Waals surface area contributed by atoms with Crippen LogP contribution < -0.4 is 5.32 Å². The van der Waals surface area contributed by atoms with Gasteiger partial charge >= 0.3 is 6.18 Å². The predicted octanol–water partition coefficient (Wildman–Crippen LogP) is 6.39. The highest BCUT2D eigenvalue weighted by Crippen LogP contribution is 2.38. The summed E-state index contributed by atoms with van der Waals surface area (Å²) in [7, 11) is 0. The molecule has 1 aliphatic rings. The fourth-order valence-corrected chi connectivity index (χ4v) is 5.05. The van der Waals surface area contributed by atoms with Gasteiger partial charge in [-0.2, -0.15) is 13.2 Å². The first-order chi connectivity index (χ1) is 16.8. The van der Waals surface area contributed by atoms with E-state index in [4.69, 9.17) is 4.98 Å². The van der Waals surface area contributed by atoms with E-state index < -0.39 is 22.9 Å². The molecule has 35 heavy (non-hydrogen) atoms. The fourth-order valence-electron chi connectivity index (χ4n) is 4.48. The van der Waals surface area contributed by atoms with Gasteiger partial charge in [0.1, 0.15) is 12.1 Å². The number of imidazole rings is 1. The van der Waals surface area contributed by atoms with Crippen molar-refractivity contribution in [2.24, 2.45) is 0 Å². The lowest BCUT2D eigenvalue weighted by Crippen LogP contribution is -2.13. The van der Waals surface area contributed by atoms with E-state index >= 15 is 0 Å². The quantitative estimate of drug-likeness (QED) is 0.327. The molecule has 1 saturated heterocycles. The fraction of sp³-hybridized carbons (Fsp3) is 0.222. The normalized spacial score (nSPS) is 17.0. The van der Waals surface area contributed by atoms with E-state index in [1.54, 1.807) is 16.9 Å². The zero-order valence-corrected chi connectivity index (χ0v) is 19.9. The summed E-state index contributed by atoms with van der Waals surface area (Å²) in [4.78, 5) is 5.43. The Hall–Kier alpha value is -3.07. The smallest absolute Gasteiger partial charge is 0.417 e. The lowest BCUT2D eigenvalue weighted by atomic mass is 10.0. The first-order valence-electron chi connectivity index (χ1n) is 11.3. The highest BCUT2D eigenvalue weighted by atomic mass is 32.2. The zero-order chi connectivity index (χ0) is 24.6. The molecule has 2 heterocycles. The molecule has 0 amide bonds. The number of aromatic nitrogens is 2. The van der Waals surface area contributed by atoms with Crippen LogP contribution in [-0.2, 0) is 17.4 Å². The summed E-state index contributed by atoms with van der Waals surface area (Å²) < 4.78 is 55.1. The van der Waals surface area contributed by atoms with Gasteiger partial charge in [-0.25, -0.2) is 4.98 Å². The number of hydrogen-bond acceptors (Lipinski definition) is 3. The molecule has 180 valence electrons. The Bertz CT molecular complexity index is 1330. The topological polar surface area (TPSA) is 52.9 Å². The van der Waals surface area contributed by atoms with Crippen molar-refractivity contribution in [3.05, 3.63) is 90.3 Å². The van der Waals surface area contributed by atoms with Gasteiger partial charge in [-0.1, -0.05) is 42.5 Å². The number of benzene rings is 3. The molecule has 0 radical (unpaired) electrons. The van der Waals surface area contributed by atoms with Gasteiger partial charge in [0.15, 0.2) is 4.90 Å². The number of nitrogens with one attached hydrogen (secondary N) is 1. The standard InChI is InChI=1S/C27H24F3N3OS/c1-35(34)21-7-4-6-19(16-21)18-11-13-20(14-12-18)33-17-25(24-10-5-15-31-24)32-26(33)22-8-2-3-9-23(22)27(28,29)30/h2-4,6-9,11-14,16-17,24,31H,5,10,15H2,1H3/t24-,35?/m1/s1. The summed E-state index contributed by atoms with van der Waals surface area (Å²) in [6.45, 7) is 0.863. The van der Waals surface area contributed by atoms with Crippen LogP contribution in [0.25, 0.3) is 28.2 Å². The Balaban J connectivity index is 1.59. The Morgan fingerprint density at radius 2 is 1.77 bits per heavy atom. The molecule has 0 bridgehead atoms. The summed E-state index contributed by atoms with van der Waals surface area (Å²) in [5.41, 5.74) is 2.64. The number of halogens is 3. The van der Waals surface area contributed by atoms with Gasteiger partial charge in [-0.3, -0.25) is 4.57 Å². The molecule has 4 nitrogen and oxygen atoms in total. The van der Waals surface area contributed by atoms with Gasteiger partial charge < -0.3 is 9.87 Å². The van der Waals surface area contributed by atoms with Crippen LogP contribution in [0.5, 0.6) is 0 Å². The molecular formula is C27H24F3N3OS. The highest BCUT2D eigenvalue weighted by molar-refractivity contribution is 7.90. The summed E-state index contributed by atoms with van der Waals surface area (Å²) in [6.07, 6.45) is 0.876. The summed E-state index contributed by atoms with van der Waals surface area (Å²) in [5, 5.41) is 3.38. The minimum atomic E-state index is -4.49. The third-order valence-corrected chi connectivity index (χ3v) is 7.18. The summed E-state index contributed by atoms with van der Waals surface area (Å²) in [5.74, 6) is 0.262. The SMILES string of the molecule is C[S+]([O-])c1cccc(-c2ccc(-n3cc([C@H]4CCCN4)nc3-c3ccccc3C(F)(F)F)cc2)c1. The maximum absolute atomic E-state index is 13.8. The van der Waals surface area contributed by atoms with Crippen molar-refractivity contribution in [2.75, 3.05) is 12.8 Å². The van der Waals surface area contributed by atoms with Crippen LogP contribution in [0.4, 0.5) is 13.2 Å². The number of alkyl halides is 3. The van der Waals surface area contributed by atoms with Gasteiger partial charge in [-0.05, 0) is 66.0 Å². The second-order valence-electron chi connectivity index (χ2n) is 8.58. The van der Waals surface area contributed by atoms with Gasteiger partial charge in [-0.15, -0.1) is 0 Å². The van der Waals surface area contributed by atoms with Crippen molar-refractivity contribution >= 4 is 11.2 Å². The summed E-state index contributed by atoms with van der Waals surface area (Å²) >= 11 is -1.09. The Morgan fingerprint density at radius 1 is 1.00 bits per heavy atom. The molecule has 8 heteroatoms. The maximum atomic E-state index is 13.8. The highest BCUT2D eigenvalue weighted by Gasteiger charge is 2.35. The molecule has 1 N–H and O–H groups in total. The molecule has 1 aliphatic heterocycles. The van der Waals surface area contributed by atoms with Gasteiger partial charge in [0, 0.05) is 23.5 Å². The van der Waals surface area contributed by atoms with Crippen LogP contribution in [-0.4, -0.2) is 26.9 Å². The first-order valence-corrected chi connectivity index (χ1v) is 12.9. The first kappa shape index (κ1) is 23.7. The average Bonchev–Trinajstić information content (AvgIpc) is 3.54. The molecule has 0 saturated carbocycles. The monoisotopic (exact) mass is 495 g/mol. The van der Waals surface area contributed by atoms with E-state index in [2.05, 4.69) is 5.32 Å². The Kier molecular flexibility index (Phi) is 6.44. The molecule has 1 unspecified atom stereocenters. The molecular weight excluding hydrogens is 471 g/mol. The van der Waals surface area contributed by atoms with Crippen LogP contribution in [0.2, 0.25) is 0 Å². The number of hydrogen-bond donors (Lipinski definition) is 1. The molecule has 4 aromatic rings. The zero-order valence-electron chi connectivity index (χ0n) is 19.0. The number of nitrogens with zero attached hydrogens (tertiary/aromatic N) is 2. The van der Waals surface area contributed by atoms with Crippen molar-refractivity contribution in [1.29, 1.82) is 0 Å². The molecule has 3 aromatic carbocycles. The average molecular weight is 496 g/mol. The van der Waals surface area contributed by atoms with E-state index in [-0.39, 0.29) is 17.4 Å².